The number of benzene rings is 7. The monoisotopic (exact) mass is 2090 g/mol. The van der Waals surface area contributed by atoms with Gasteiger partial charge in [-0.15, -0.1) is 13.2 Å². The number of alkyl halides is 3. The van der Waals surface area contributed by atoms with Gasteiger partial charge in [-0.3, -0.25) is 0 Å². The van der Waals surface area contributed by atoms with Gasteiger partial charge >= 0.3 is 12.4 Å². The van der Waals surface area contributed by atoms with Crippen molar-refractivity contribution in [2.24, 2.45) is 0 Å². The number of carbonyl (C=O) groups is 1. The highest BCUT2D eigenvalue weighted by molar-refractivity contribution is 7.89. The van der Waals surface area contributed by atoms with Gasteiger partial charge in [0.1, 0.15) is 103 Å². The van der Waals surface area contributed by atoms with Crippen molar-refractivity contribution in [3.8, 4) is 109 Å². The van der Waals surface area contributed by atoms with Crippen LogP contribution in [0.25, 0.3) is 0 Å². The summed E-state index contributed by atoms with van der Waals surface area (Å²) < 4.78 is 142. The minimum Gasteiger partial charge on any atom is -0.496 e. The maximum atomic E-state index is 12.6. The number of hydrogen-bond donors (Lipinski definition) is 10. The zero-order valence-corrected chi connectivity index (χ0v) is 91.1. The van der Waals surface area contributed by atoms with Crippen LogP contribution in [0.1, 0.15) is 249 Å². The standard InChI is InChI=1S/C22H25N5O3.C18H25N3O3.C18H25N3O2.C17H23N3O3.C16H18F3N3O3.C16H22N4O4S/c1-13(2)16-10-19(29-4)17(27-22(28)26-15-8-6-5-7-9-15)11-18(16)30-20-12-24-14(3)25-21(20)23;1-10(2)13-7-15(23-6)14(11(3)22-5)8-16(13)24-17-9-20-12(4)21-18(17)19;1-10(2)13-8-16(14(11(3)4)7-15(13)22-6)23-17-9-20-12(5)21-18(17)19;1-9(2)12-6-14(22-5)13(10(3)21)7-15(12)23-16-8-19-11(4)20-17(16)18;1-8(2)10-5-12(23-4)13(25-16(17,18)19)6-11(10)24-14-7-21-9(3)22-15(14)20;1-9(2)11-6-13(23-5)15(25(21,22)18-4)7-12(11)24-14-8-19-10(3)20-16(14)17/h5-13H,1-4H3,(H2,23,24,25)(H2,26,27,28);7-11H,1-6H3,(H2,19,20,21);7-11H,1-6H3,(H2,19,20,21);6-10,21H,1-5H3,(H2,18,19,20);5-8H,1-4H3,(H2,20,21,22);6-9,18H,1-5H3,(H2,17,19,20). The Morgan fingerprint density at radius 1 is 0.320 bits per heavy atom. The van der Waals surface area contributed by atoms with Crippen molar-refractivity contribution in [3.05, 3.63) is 225 Å². The highest BCUT2D eigenvalue weighted by Gasteiger charge is 2.35. The molecule has 16 N–H and O–H groups in total. The number of aryl methyl sites for hydroxylation is 6. The molecule has 7 aromatic carbocycles. The molecule has 0 aliphatic heterocycles. The number of para-hydroxylation sites is 1. The minimum atomic E-state index is -4.87. The van der Waals surface area contributed by atoms with Gasteiger partial charge < -0.3 is 116 Å². The molecule has 6 aromatic heterocycles. The first-order valence-corrected chi connectivity index (χ1v) is 49.1. The molecule has 6 heterocycles. The first-order chi connectivity index (χ1) is 70.7. The summed E-state index contributed by atoms with van der Waals surface area (Å²) in [6.45, 7) is 42.6. The van der Waals surface area contributed by atoms with E-state index < -0.39 is 34.3 Å². The van der Waals surface area contributed by atoms with E-state index in [9.17, 15) is 31.5 Å². The molecule has 13 rings (SSSR count). The summed E-state index contributed by atoms with van der Waals surface area (Å²) in [5.74, 6) is 13.5. The Hall–Kier alpha value is -15.9. The number of sulfonamides is 1. The predicted octanol–water partition coefficient (Wildman–Crippen LogP) is 23.1. The van der Waals surface area contributed by atoms with E-state index in [1.165, 1.54) is 52.0 Å². The molecule has 0 saturated heterocycles. The Morgan fingerprint density at radius 2 is 0.573 bits per heavy atom. The number of hydrogen-bond acceptors (Lipinski definition) is 36. The number of aromatic nitrogens is 12. The Kier molecular flexibility index (Phi) is 43.1. The summed E-state index contributed by atoms with van der Waals surface area (Å²) in [5.41, 5.74) is 44.5. The van der Waals surface area contributed by atoms with Crippen LogP contribution in [-0.2, 0) is 14.8 Å². The van der Waals surface area contributed by atoms with Crippen molar-refractivity contribution in [3.63, 3.8) is 0 Å². The molecule has 2 unspecified atom stereocenters. The van der Waals surface area contributed by atoms with E-state index in [2.05, 4.69) is 135 Å². The van der Waals surface area contributed by atoms with Gasteiger partial charge in [-0.1, -0.05) is 115 Å². The first kappa shape index (κ1) is 119. The number of nitrogens with zero attached hydrogens (tertiary/aromatic N) is 12. The van der Waals surface area contributed by atoms with Gasteiger partial charge in [-0.05, 0) is 171 Å². The van der Waals surface area contributed by atoms with E-state index in [-0.39, 0.29) is 98.5 Å². The fourth-order valence-corrected chi connectivity index (χ4v) is 15.3. The number of halogens is 3. The normalized spacial score (nSPS) is 11.5. The summed E-state index contributed by atoms with van der Waals surface area (Å²) >= 11 is 0. The topological polar surface area (TPSA) is 548 Å². The second-order valence-corrected chi connectivity index (χ2v) is 37.9. The average molecular weight is 2100 g/mol. The van der Waals surface area contributed by atoms with Gasteiger partial charge in [0, 0.05) is 81.1 Å². The molecule has 0 aliphatic rings. The number of aliphatic hydroxyl groups excluding tert-OH is 1. The van der Waals surface area contributed by atoms with Crippen LogP contribution in [0.15, 0.2) is 145 Å². The molecular weight excluding hydrogens is 1960 g/mol. The number of methoxy groups -OCH3 is 7. The van der Waals surface area contributed by atoms with Crippen molar-refractivity contribution in [1.29, 1.82) is 0 Å². The number of nitrogens with two attached hydrogens (primary N) is 6. The molecule has 13 aromatic rings. The van der Waals surface area contributed by atoms with Gasteiger partial charge in [-0.25, -0.2) is 77.7 Å². The van der Waals surface area contributed by atoms with Gasteiger partial charge in [0.2, 0.25) is 10.0 Å². The predicted molar refractivity (Wildman–Crippen MR) is 572 cm³/mol. The number of nitrogen functional groups attached to an aromatic ring is 6. The molecule has 0 aliphatic carbocycles. The Balaban J connectivity index is 0.000000220. The van der Waals surface area contributed by atoms with Crippen LogP contribution < -0.4 is 111 Å². The second-order valence-electron chi connectivity index (χ2n) is 36.0. The Bertz CT molecular complexity index is 6770. The largest absolute Gasteiger partial charge is 0.573 e. The molecule has 0 radical (unpaired) electrons. The molecule has 0 spiro atoms. The molecule has 43 heteroatoms. The lowest BCUT2D eigenvalue weighted by atomic mass is 9.95. The lowest BCUT2D eigenvalue weighted by Crippen LogP contribution is -2.20. The van der Waals surface area contributed by atoms with Crippen LogP contribution >= 0.6 is 0 Å². The first-order valence-electron chi connectivity index (χ1n) is 47.7. The average Bonchev–Trinajstić information content (AvgIpc) is 0.786. The number of ether oxygens (including phenoxy) is 14. The lowest BCUT2D eigenvalue weighted by Gasteiger charge is -2.21. The third-order valence-electron chi connectivity index (χ3n) is 22.4. The van der Waals surface area contributed by atoms with Crippen LogP contribution in [0.3, 0.4) is 0 Å². The second kappa shape index (κ2) is 54.2. The molecule has 0 bridgehead atoms. The molecular formula is C107H138F3N21O18S. The smallest absolute Gasteiger partial charge is 0.496 e. The Morgan fingerprint density at radius 3 is 0.860 bits per heavy atom. The van der Waals surface area contributed by atoms with Crippen molar-refractivity contribution < 1.29 is 97.8 Å². The van der Waals surface area contributed by atoms with E-state index >= 15 is 0 Å². The summed E-state index contributed by atoms with van der Waals surface area (Å²) in [6, 6.07) is 29.6. The van der Waals surface area contributed by atoms with Crippen molar-refractivity contribution in [2.75, 3.05) is 102 Å². The molecule has 2 amide bonds. The van der Waals surface area contributed by atoms with Crippen LogP contribution in [-0.4, -0.2) is 143 Å². The SMILES string of the molecule is CNS(=O)(=O)c1cc(Oc2cnc(C)nc2N)c(C(C)C)cc1OC.COc1cc(C(C)C)c(Oc2cnc(C)nc2N)cc1C(C)C.COc1cc(C(C)C)c(Oc2cnc(C)nc2N)cc1C(C)O.COc1cc(C(C)C)c(Oc2cnc(C)nc2N)cc1C(C)OC.COc1cc(C(C)C)c(Oc2cnc(C)nc2N)cc1NC(=O)Nc1ccccc1.COc1cc(C(C)C)c(Oc2cnc(C)nc2N)cc1OC(F)(F)F. The highest BCUT2D eigenvalue weighted by atomic mass is 32.2. The third-order valence-corrected chi connectivity index (χ3v) is 23.8. The Labute approximate surface area is 873 Å². The fourth-order valence-electron chi connectivity index (χ4n) is 14.4. The zero-order valence-electron chi connectivity index (χ0n) is 90.2. The molecule has 806 valence electrons. The van der Waals surface area contributed by atoms with Crippen molar-refractivity contribution in [2.45, 2.75) is 217 Å². The van der Waals surface area contributed by atoms with E-state index in [4.69, 9.17) is 96.0 Å². The summed E-state index contributed by atoms with van der Waals surface area (Å²) in [4.78, 5) is 61.6. The van der Waals surface area contributed by atoms with Crippen molar-refractivity contribution in [1.82, 2.24) is 64.5 Å². The molecule has 0 fully saturated rings. The molecule has 150 heavy (non-hydrogen) atoms. The van der Waals surface area contributed by atoms with E-state index in [0.717, 1.165) is 62.3 Å². The minimum absolute atomic E-state index is 0.0245. The van der Waals surface area contributed by atoms with E-state index in [1.54, 1.807) is 133 Å². The van der Waals surface area contributed by atoms with Crippen LogP contribution in [0, 0.1) is 41.5 Å². The van der Waals surface area contributed by atoms with Gasteiger partial charge in [0.05, 0.1) is 97.7 Å². The molecule has 0 saturated carbocycles. The van der Waals surface area contributed by atoms with Crippen LogP contribution in [0.2, 0.25) is 0 Å². The highest BCUT2D eigenvalue weighted by Crippen LogP contribution is 2.48. The maximum absolute atomic E-state index is 12.6. The van der Waals surface area contributed by atoms with Gasteiger partial charge in [0.15, 0.2) is 80.9 Å². The number of urea groups is 1. The van der Waals surface area contributed by atoms with E-state index in [1.807, 2.05) is 103 Å². The number of rotatable bonds is 33. The molecule has 39 nitrogen and oxygen atoms in total. The maximum Gasteiger partial charge on any atom is 0.573 e. The fraction of sp³-hybridized carbons (Fsp3) is 0.374. The molecule has 2 atom stereocenters. The summed E-state index contributed by atoms with van der Waals surface area (Å²) in [5, 5.41) is 15.5. The quantitative estimate of drug-likeness (QED) is 0.0183. The zero-order chi connectivity index (χ0) is 111. The number of amides is 2. The van der Waals surface area contributed by atoms with Crippen LogP contribution in [0.5, 0.6) is 109 Å². The van der Waals surface area contributed by atoms with Crippen LogP contribution in [0.4, 0.5) is 64.2 Å². The number of anilines is 8. The number of carbonyl (C=O) groups excluding carboxylic acids is 1. The van der Waals surface area contributed by atoms with Crippen molar-refractivity contribution >= 4 is 62.3 Å². The van der Waals surface area contributed by atoms with Gasteiger partial charge in [0.25, 0.3) is 0 Å². The number of aliphatic hydroxyl groups is 1. The summed E-state index contributed by atoms with van der Waals surface area (Å²) in [7, 11) is 8.41. The van der Waals surface area contributed by atoms with Gasteiger partial charge in [-0.2, -0.15) is 0 Å². The third kappa shape index (κ3) is 33.1. The summed E-state index contributed by atoms with van der Waals surface area (Å²) in [6.07, 6.45) is 3.42. The lowest BCUT2D eigenvalue weighted by molar-refractivity contribution is -0.275. The van der Waals surface area contributed by atoms with E-state index in [0.29, 0.717) is 132 Å². The number of nitrogens with one attached hydrogen (secondary N) is 3.